The number of hydrogen-bond donors (Lipinski definition) is 2. The van der Waals surface area contributed by atoms with Crippen LogP contribution in [0.15, 0.2) is 29.3 Å². The predicted octanol–water partition coefficient (Wildman–Crippen LogP) is 1.83. The summed E-state index contributed by atoms with van der Waals surface area (Å²) in [5.41, 5.74) is 0.645. The Morgan fingerprint density at radius 2 is 2.05 bits per heavy atom. The normalized spacial score (nSPS) is 16.9. The molecule has 1 aliphatic carbocycles. The van der Waals surface area contributed by atoms with Crippen LogP contribution in [0, 0.1) is 11.7 Å². The maximum Gasteiger partial charge on any atom is 0.191 e. The third kappa shape index (κ3) is 4.70. The van der Waals surface area contributed by atoms with Gasteiger partial charge in [-0.2, -0.15) is 0 Å². The molecule has 1 aromatic rings. The smallest absolute Gasteiger partial charge is 0.191 e. The Balaban J connectivity index is 1.82. The van der Waals surface area contributed by atoms with E-state index < -0.39 is 0 Å². The maximum absolute atomic E-state index is 13.6. The third-order valence-corrected chi connectivity index (χ3v) is 3.94. The van der Waals surface area contributed by atoms with Gasteiger partial charge in [-0.3, -0.25) is 4.99 Å². The number of hydrogen-bond acceptors (Lipinski definition) is 2. The van der Waals surface area contributed by atoms with E-state index in [9.17, 15) is 4.39 Å². The highest BCUT2D eigenvalue weighted by atomic mass is 19.1. The summed E-state index contributed by atoms with van der Waals surface area (Å²) in [5, 5.41) is 6.50. The number of aliphatic imine (C=N–C) groups is 1. The van der Waals surface area contributed by atoms with Gasteiger partial charge in [0.1, 0.15) is 5.82 Å². The van der Waals surface area contributed by atoms with Crippen molar-refractivity contribution < 1.29 is 4.39 Å². The lowest BCUT2D eigenvalue weighted by molar-refractivity contribution is 0.264. The van der Waals surface area contributed by atoms with Crippen LogP contribution in [0.2, 0.25) is 0 Å². The van der Waals surface area contributed by atoms with Gasteiger partial charge in [-0.15, -0.1) is 0 Å². The fraction of sp³-hybridized carbons (Fsp3) is 0.562. The molecule has 1 atom stereocenters. The van der Waals surface area contributed by atoms with Gasteiger partial charge >= 0.3 is 0 Å². The van der Waals surface area contributed by atoms with Crippen molar-refractivity contribution in [1.29, 1.82) is 0 Å². The number of nitrogens with zero attached hydrogens (tertiary/aromatic N) is 2. The Morgan fingerprint density at radius 1 is 1.33 bits per heavy atom. The van der Waals surface area contributed by atoms with Gasteiger partial charge < -0.3 is 15.5 Å². The van der Waals surface area contributed by atoms with E-state index in [4.69, 9.17) is 0 Å². The largest absolute Gasteiger partial charge is 0.355 e. The summed E-state index contributed by atoms with van der Waals surface area (Å²) in [6, 6.07) is 7.32. The summed E-state index contributed by atoms with van der Waals surface area (Å²) in [4.78, 5) is 6.46. The first kappa shape index (κ1) is 15.8. The van der Waals surface area contributed by atoms with E-state index in [1.165, 1.54) is 18.9 Å². The second-order valence-corrected chi connectivity index (χ2v) is 5.77. The van der Waals surface area contributed by atoms with Crippen LogP contribution < -0.4 is 10.6 Å². The van der Waals surface area contributed by atoms with Crippen molar-refractivity contribution in [3.63, 3.8) is 0 Å². The van der Waals surface area contributed by atoms with Crippen molar-refractivity contribution in [3.8, 4) is 0 Å². The molecule has 4 nitrogen and oxygen atoms in total. The van der Waals surface area contributed by atoms with Gasteiger partial charge in [0.2, 0.25) is 0 Å². The Hall–Kier alpha value is -1.62. The van der Waals surface area contributed by atoms with Crippen molar-refractivity contribution >= 4 is 5.96 Å². The molecule has 0 spiro atoms. The minimum atomic E-state index is -0.190. The van der Waals surface area contributed by atoms with Crippen molar-refractivity contribution in [2.24, 2.45) is 10.9 Å². The van der Waals surface area contributed by atoms with Crippen molar-refractivity contribution in [3.05, 3.63) is 35.6 Å². The number of likely N-dealkylation sites (N-methyl/N-ethyl adjacent to an activating group) is 1. The molecule has 0 aliphatic heterocycles. The molecule has 1 aliphatic rings. The van der Waals surface area contributed by atoms with Crippen LogP contribution in [0.25, 0.3) is 0 Å². The average Bonchev–Trinajstić information content (AvgIpc) is 3.28. The van der Waals surface area contributed by atoms with Gasteiger partial charge in [-0.1, -0.05) is 18.2 Å². The van der Waals surface area contributed by atoms with Crippen molar-refractivity contribution in [1.82, 2.24) is 15.5 Å². The number of halogens is 1. The monoisotopic (exact) mass is 292 g/mol. The van der Waals surface area contributed by atoms with E-state index >= 15 is 0 Å². The standard InChI is InChI=1S/C16H25FN4/c1-18-16(19-10-13-6-4-5-7-14(13)17)20-11-15(21(2)3)12-8-9-12/h4-7,12,15H,8-11H2,1-3H3,(H2,18,19,20). The first-order valence-corrected chi connectivity index (χ1v) is 7.46. The fourth-order valence-corrected chi connectivity index (χ4v) is 2.49. The van der Waals surface area contributed by atoms with E-state index in [0.717, 1.165) is 12.5 Å². The van der Waals surface area contributed by atoms with Gasteiger partial charge in [0.25, 0.3) is 0 Å². The van der Waals surface area contributed by atoms with Gasteiger partial charge in [-0.25, -0.2) is 4.39 Å². The second kappa shape index (κ2) is 7.41. The minimum absolute atomic E-state index is 0.190. The molecule has 0 saturated heterocycles. The first-order valence-electron chi connectivity index (χ1n) is 7.46. The maximum atomic E-state index is 13.6. The zero-order chi connectivity index (χ0) is 15.2. The Labute approximate surface area is 126 Å². The summed E-state index contributed by atoms with van der Waals surface area (Å²) >= 11 is 0. The lowest BCUT2D eigenvalue weighted by Crippen LogP contribution is -2.45. The van der Waals surface area contributed by atoms with Gasteiger partial charge in [0, 0.05) is 31.7 Å². The van der Waals surface area contributed by atoms with Crippen LogP contribution in [0.3, 0.4) is 0 Å². The van der Waals surface area contributed by atoms with Crippen LogP contribution in [-0.2, 0) is 6.54 Å². The van der Waals surface area contributed by atoms with Crippen LogP contribution in [0.4, 0.5) is 4.39 Å². The third-order valence-electron chi connectivity index (χ3n) is 3.94. The highest BCUT2D eigenvalue weighted by molar-refractivity contribution is 5.79. The summed E-state index contributed by atoms with van der Waals surface area (Å²) in [6.07, 6.45) is 2.62. The summed E-state index contributed by atoms with van der Waals surface area (Å²) < 4.78 is 13.6. The van der Waals surface area contributed by atoms with Crippen LogP contribution in [0.5, 0.6) is 0 Å². The molecule has 2 N–H and O–H groups in total. The zero-order valence-electron chi connectivity index (χ0n) is 13.1. The SMILES string of the molecule is CN=C(NCc1ccccc1F)NCC(C1CC1)N(C)C. The molecule has 5 heteroatoms. The highest BCUT2D eigenvalue weighted by Crippen LogP contribution is 2.34. The molecule has 0 aromatic heterocycles. The lowest BCUT2D eigenvalue weighted by atomic mass is 10.1. The number of nitrogens with one attached hydrogen (secondary N) is 2. The number of rotatable bonds is 6. The molecular formula is C16H25FN4. The molecule has 116 valence electrons. The van der Waals surface area contributed by atoms with E-state index in [1.54, 1.807) is 19.2 Å². The van der Waals surface area contributed by atoms with Gasteiger partial charge in [0.05, 0.1) is 0 Å². The molecular weight excluding hydrogens is 267 g/mol. The Bertz CT molecular complexity index is 481. The minimum Gasteiger partial charge on any atom is -0.355 e. The Morgan fingerprint density at radius 3 is 2.62 bits per heavy atom. The molecule has 0 radical (unpaired) electrons. The fourth-order valence-electron chi connectivity index (χ4n) is 2.49. The number of benzene rings is 1. The molecule has 0 amide bonds. The first-order chi connectivity index (χ1) is 10.1. The lowest BCUT2D eigenvalue weighted by Gasteiger charge is -2.25. The molecule has 0 heterocycles. The Kier molecular flexibility index (Phi) is 5.56. The molecule has 1 aromatic carbocycles. The zero-order valence-corrected chi connectivity index (χ0v) is 13.1. The van der Waals surface area contributed by atoms with Crippen LogP contribution >= 0.6 is 0 Å². The van der Waals surface area contributed by atoms with E-state index in [2.05, 4.69) is 34.6 Å². The number of guanidine groups is 1. The van der Waals surface area contributed by atoms with E-state index in [1.807, 2.05) is 6.07 Å². The quantitative estimate of drug-likeness (QED) is 0.621. The molecule has 21 heavy (non-hydrogen) atoms. The van der Waals surface area contributed by atoms with E-state index in [0.29, 0.717) is 24.1 Å². The predicted molar refractivity (Wildman–Crippen MR) is 84.8 cm³/mol. The van der Waals surface area contributed by atoms with Crippen LogP contribution in [0.1, 0.15) is 18.4 Å². The van der Waals surface area contributed by atoms with E-state index in [-0.39, 0.29) is 5.82 Å². The summed E-state index contributed by atoms with van der Waals surface area (Å²) in [7, 11) is 5.96. The molecule has 1 fully saturated rings. The summed E-state index contributed by atoms with van der Waals surface area (Å²) in [5.74, 6) is 1.31. The van der Waals surface area contributed by atoms with Gasteiger partial charge in [-0.05, 0) is 38.9 Å². The van der Waals surface area contributed by atoms with Crippen molar-refractivity contribution in [2.75, 3.05) is 27.7 Å². The molecule has 1 unspecified atom stereocenters. The highest BCUT2D eigenvalue weighted by Gasteiger charge is 2.32. The van der Waals surface area contributed by atoms with Gasteiger partial charge in [0.15, 0.2) is 5.96 Å². The van der Waals surface area contributed by atoms with Crippen molar-refractivity contribution in [2.45, 2.75) is 25.4 Å². The molecule has 2 rings (SSSR count). The average molecular weight is 292 g/mol. The molecule has 1 saturated carbocycles. The molecule has 0 bridgehead atoms. The topological polar surface area (TPSA) is 39.7 Å². The summed E-state index contributed by atoms with van der Waals surface area (Å²) in [6.45, 7) is 1.29. The second-order valence-electron chi connectivity index (χ2n) is 5.77. The van der Waals surface area contributed by atoms with Crippen LogP contribution in [-0.4, -0.2) is 44.6 Å².